The second-order valence-electron chi connectivity index (χ2n) is 4.96. The Bertz CT molecular complexity index is 439. The molecule has 0 spiro atoms. The Labute approximate surface area is 115 Å². The minimum Gasteiger partial charge on any atom is -0.481 e. The van der Waals surface area contributed by atoms with Gasteiger partial charge in [-0.1, -0.05) is 30.2 Å². The standard InChI is InChI=1S/C12H17N3O3S/c16-10(9-7-14-15-19-9)13-8-12(11(17)18)5-3-1-2-4-6-12/h7H,1-6,8H2,(H,13,16)(H,17,18). The average molecular weight is 283 g/mol. The molecule has 1 aliphatic carbocycles. The maximum atomic E-state index is 11.8. The van der Waals surface area contributed by atoms with Crippen molar-refractivity contribution in [1.29, 1.82) is 0 Å². The number of aliphatic carboxylic acids is 1. The molecule has 1 aliphatic rings. The molecule has 0 saturated heterocycles. The summed E-state index contributed by atoms with van der Waals surface area (Å²) < 4.78 is 3.62. The Balaban J connectivity index is 2.00. The lowest BCUT2D eigenvalue weighted by Crippen LogP contribution is -2.42. The average Bonchev–Trinajstić information content (AvgIpc) is 2.82. The highest BCUT2D eigenvalue weighted by Gasteiger charge is 2.39. The molecule has 2 N–H and O–H groups in total. The number of hydrogen-bond acceptors (Lipinski definition) is 5. The first-order valence-corrected chi connectivity index (χ1v) is 7.20. The highest BCUT2D eigenvalue weighted by atomic mass is 32.1. The summed E-state index contributed by atoms with van der Waals surface area (Å²) in [5, 5.41) is 15.8. The van der Waals surface area contributed by atoms with Crippen molar-refractivity contribution in [1.82, 2.24) is 14.9 Å². The van der Waals surface area contributed by atoms with Crippen LogP contribution in [0.4, 0.5) is 0 Å². The molecule has 0 unspecified atom stereocenters. The summed E-state index contributed by atoms with van der Waals surface area (Å²) in [5.41, 5.74) is -0.815. The van der Waals surface area contributed by atoms with Gasteiger partial charge in [-0.25, -0.2) is 0 Å². The fourth-order valence-electron chi connectivity index (χ4n) is 2.48. The quantitative estimate of drug-likeness (QED) is 0.820. The molecule has 7 heteroatoms. The second kappa shape index (κ2) is 6.10. The predicted molar refractivity (Wildman–Crippen MR) is 70.0 cm³/mol. The van der Waals surface area contributed by atoms with Crippen molar-refractivity contribution in [2.45, 2.75) is 38.5 Å². The highest BCUT2D eigenvalue weighted by molar-refractivity contribution is 7.07. The lowest BCUT2D eigenvalue weighted by Gasteiger charge is -2.28. The van der Waals surface area contributed by atoms with Crippen LogP contribution < -0.4 is 5.32 Å². The van der Waals surface area contributed by atoms with Gasteiger partial charge in [0.15, 0.2) is 0 Å². The van der Waals surface area contributed by atoms with Gasteiger partial charge in [0, 0.05) is 6.54 Å². The van der Waals surface area contributed by atoms with Gasteiger partial charge in [-0.3, -0.25) is 9.59 Å². The Morgan fingerprint density at radius 1 is 1.32 bits per heavy atom. The van der Waals surface area contributed by atoms with E-state index in [0.29, 0.717) is 17.7 Å². The lowest BCUT2D eigenvalue weighted by atomic mass is 9.80. The highest BCUT2D eigenvalue weighted by Crippen LogP contribution is 2.34. The van der Waals surface area contributed by atoms with E-state index < -0.39 is 11.4 Å². The van der Waals surface area contributed by atoms with Gasteiger partial charge in [-0.15, -0.1) is 5.10 Å². The van der Waals surface area contributed by atoms with Gasteiger partial charge in [0.25, 0.3) is 5.91 Å². The molecular formula is C12H17N3O3S. The van der Waals surface area contributed by atoms with Crippen LogP contribution in [-0.4, -0.2) is 33.1 Å². The van der Waals surface area contributed by atoms with Gasteiger partial charge in [-0.05, 0) is 24.4 Å². The summed E-state index contributed by atoms with van der Waals surface area (Å²) in [6, 6.07) is 0. The predicted octanol–water partition coefficient (Wildman–Crippen LogP) is 1.69. The minimum atomic E-state index is -0.815. The lowest BCUT2D eigenvalue weighted by molar-refractivity contribution is -0.149. The molecule has 0 atom stereocenters. The van der Waals surface area contributed by atoms with Crippen LogP contribution in [0.3, 0.4) is 0 Å². The number of rotatable bonds is 4. The van der Waals surface area contributed by atoms with Crippen molar-refractivity contribution >= 4 is 23.4 Å². The first-order chi connectivity index (χ1) is 9.14. The van der Waals surface area contributed by atoms with Crippen LogP contribution in [0, 0.1) is 5.41 Å². The van der Waals surface area contributed by atoms with E-state index in [0.717, 1.165) is 37.2 Å². The monoisotopic (exact) mass is 283 g/mol. The molecule has 104 valence electrons. The summed E-state index contributed by atoms with van der Waals surface area (Å²) in [6.45, 7) is 0.180. The van der Waals surface area contributed by atoms with Gasteiger partial charge in [0.05, 0.1) is 11.6 Å². The van der Waals surface area contributed by atoms with E-state index in [9.17, 15) is 14.7 Å². The molecule has 2 rings (SSSR count). The van der Waals surface area contributed by atoms with E-state index >= 15 is 0 Å². The molecule has 1 heterocycles. The Hall–Kier alpha value is -1.50. The van der Waals surface area contributed by atoms with Gasteiger partial charge >= 0.3 is 5.97 Å². The maximum absolute atomic E-state index is 11.8. The summed E-state index contributed by atoms with van der Waals surface area (Å²) in [6.07, 6.45) is 6.60. The van der Waals surface area contributed by atoms with Gasteiger partial charge in [0.2, 0.25) is 0 Å². The summed E-state index contributed by atoms with van der Waals surface area (Å²) >= 11 is 1.01. The van der Waals surface area contributed by atoms with E-state index in [1.807, 2.05) is 0 Å². The SMILES string of the molecule is O=C(NCC1(C(=O)O)CCCCCC1)c1cnns1. The topological polar surface area (TPSA) is 92.2 Å². The molecule has 1 aromatic heterocycles. The van der Waals surface area contributed by atoms with Crippen molar-refractivity contribution in [3.63, 3.8) is 0 Å². The molecule has 0 radical (unpaired) electrons. The van der Waals surface area contributed by atoms with E-state index in [1.165, 1.54) is 6.20 Å². The number of hydrogen-bond donors (Lipinski definition) is 2. The smallest absolute Gasteiger partial charge is 0.311 e. The Kier molecular flexibility index (Phi) is 4.47. The number of aromatic nitrogens is 2. The summed E-state index contributed by atoms with van der Waals surface area (Å²) in [7, 11) is 0. The summed E-state index contributed by atoms with van der Waals surface area (Å²) in [4.78, 5) is 23.8. The Morgan fingerprint density at radius 3 is 2.53 bits per heavy atom. The van der Waals surface area contributed by atoms with Crippen LogP contribution in [0.5, 0.6) is 0 Å². The molecule has 0 bridgehead atoms. The number of amides is 1. The normalized spacial score (nSPS) is 18.5. The zero-order chi connectivity index (χ0) is 13.7. The number of carbonyl (C=O) groups excluding carboxylic acids is 1. The van der Waals surface area contributed by atoms with E-state index in [2.05, 4.69) is 14.9 Å². The van der Waals surface area contributed by atoms with Crippen LogP contribution in [0.2, 0.25) is 0 Å². The minimum absolute atomic E-state index is 0.180. The second-order valence-corrected chi connectivity index (χ2v) is 5.75. The molecule has 0 aromatic carbocycles. The molecule has 1 saturated carbocycles. The number of carboxylic acids is 1. The molecule has 6 nitrogen and oxygen atoms in total. The van der Waals surface area contributed by atoms with Crippen molar-refractivity contribution in [2.24, 2.45) is 5.41 Å². The molecular weight excluding hydrogens is 266 g/mol. The Morgan fingerprint density at radius 2 is 2.00 bits per heavy atom. The van der Waals surface area contributed by atoms with Crippen molar-refractivity contribution in [3.8, 4) is 0 Å². The van der Waals surface area contributed by atoms with Crippen LogP contribution in [0.25, 0.3) is 0 Å². The first-order valence-electron chi connectivity index (χ1n) is 6.43. The fraction of sp³-hybridized carbons (Fsp3) is 0.667. The van der Waals surface area contributed by atoms with Crippen molar-refractivity contribution in [2.75, 3.05) is 6.54 Å². The van der Waals surface area contributed by atoms with Crippen LogP contribution >= 0.6 is 11.5 Å². The largest absolute Gasteiger partial charge is 0.481 e. The van der Waals surface area contributed by atoms with Gasteiger partial charge in [0.1, 0.15) is 4.88 Å². The third-order valence-corrected chi connectivity index (χ3v) is 4.35. The van der Waals surface area contributed by atoms with Crippen molar-refractivity contribution < 1.29 is 14.7 Å². The number of nitrogens with zero attached hydrogens (tertiary/aromatic N) is 2. The van der Waals surface area contributed by atoms with Crippen LogP contribution in [-0.2, 0) is 4.79 Å². The van der Waals surface area contributed by atoms with E-state index in [-0.39, 0.29) is 12.5 Å². The molecule has 19 heavy (non-hydrogen) atoms. The van der Waals surface area contributed by atoms with Crippen LogP contribution in [0.1, 0.15) is 48.2 Å². The molecule has 0 aliphatic heterocycles. The third kappa shape index (κ3) is 3.28. The third-order valence-electron chi connectivity index (χ3n) is 3.69. The maximum Gasteiger partial charge on any atom is 0.311 e. The molecule has 1 fully saturated rings. The number of carboxylic acid groups (broad SMARTS) is 1. The molecule has 1 aromatic rings. The number of carbonyl (C=O) groups is 2. The first kappa shape index (κ1) is 13.9. The van der Waals surface area contributed by atoms with E-state index in [4.69, 9.17) is 0 Å². The number of nitrogens with one attached hydrogen (secondary N) is 1. The van der Waals surface area contributed by atoms with Gasteiger partial charge < -0.3 is 10.4 Å². The van der Waals surface area contributed by atoms with Crippen molar-refractivity contribution in [3.05, 3.63) is 11.1 Å². The summed E-state index contributed by atoms with van der Waals surface area (Å²) in [5.74, 6) is -1.10. The van der Waals surface area contributed by atoms with Crippen LogP contribution in [0.15, 0.2) is 6.20 Å². The van der Waals surface area contributed by atoms with Gasteiger partial charge in [-0.2, -0.15) is 0 Å². The zero-order valence-electron chi connectivity index (χ0n) is 10.6. The molecule has 1 amide bonds. The zero-order valence-corrected chi connectivity index (χ0v) is 11.4. The van der Waals surface area contributed by atoms with E-state index in [1.54, 1.807) is 0 Å². The fourth-order valence-corrected chi connectivity index (χ4v) is 2.91.